The lowest BCUT2D eigenvalue weighted by Crippen LogP contribution is -2.16. The van der Waals surface area contributed by atoms with E-state index in [1.165, 1.54) is 18.4 Å². The quantitative estimate of drug-likeness (QED) is 0.525. The van der Waals surface area contributed by atoms with Crippen LogP contribution in [0.5, 0.6) is 5.75 Å². The highest BCUT2D eigenvalue weighted by molar-refractivity contribution is 7.09. The predicted octanol–water partition coefficient (Wildman–Crippen LogP) is 3.29. The Balaban J connectivity index is 1.48. The normalized spacial score (nSPS) is 11.2. The summed E-state index contributed by atoms with van der Waals surface area (Å²) in [4.78, 5) is 28.3. The van der Waals surface area contributed by atoms with Gasteiger partial charge in [-0.1, -0.05) is 12.1 Å². The monoisotopic (exact) mass is 454 g/mol. The van der Waals surface area contributed by atoms with Gasteiger partial charge >= 0.3 is 12.1 Å². The fourth-order valence-corrected chi connectivity index (χ4v) is 3.29. The molecule has 0 bridgehead atoms. The molecule has 0 aliphatic rings. The van der Waals surface area contributed by atoms with Crippen LogP contribution in [0.3, 0.4) is 0 Å². The Kier molecular flexibility index (Phi) is 6.90. The van der Waals surface area contributed by atoms with E-state index in [1.807, 2.05) is 0 Å². The number of aromatic nitrogens is 3. The maximum Gasteiger partial charge on any atom is 0.435 e. The SMILES string of the molecule is COc1ccccc1NC(=O)Cc1nc(COC(=O)Cn2ccc(C(F)(F)F)n2)cs1. The van der Waals surface area contributed by atoms with Gasteiger partial charge in [-0.2, -0.15) is 18.3 Å². The summed E-state index contributed by atoms with van der Waals surface area (Å²) in [5.41, 5.74) is -0.126. The number of halogens is 3. The topological polar surface area (TPSA) is 95.3 Å². The van der Waals surface area contributed by atoms with Gasteiger partial charge in [-0.15, -0.1) is 11.3 Å². The molecule has 0 unspecified atom stereocenters. The Hall–Kier alpha value is -3.41. The number of ether oxygens (including phenoxy) is 2. The Morgan fingerprint density at radius 2 is 2.00 bits per heavy atom. The molecule has 2 aromatic heterocycles. The van der Waals surface area contributed by atoms with E-state index in [0.717, 1.165) is 16.9 Å². The second kappa shape index (κ2) is 9.60. The smallest absolute Gasteiger partial charge is 0.435 e. The Bertz CT molecular complexity index is 1060. The van der Waals surface area contributed by atoms with Gasteiger partial charge in [0.05, 0.1) is 24.9 Å². The summed E-state index contributed by atoms with van der Waals surface area (Å²) in [5.74, 6) is -0.524. The third-order valence-corrected chi connectivity index (χ3v) is 4.79. The molecule has 8 nitrogen and oxygen atoms in total. The zero-order chi connectivity index (χ0) is 22.4. The van der Waals surface area contributed by atoms with Gasteiger partial charge in [0.1, 0.15) is 23.9 Å². The number of nitrogens with zero attached hydrogens (tertiary/aromatic N) is 3. The van der Waals surface area contributed by atoms with Gasteiger partial charge in [-0.05, 0) is 18.2 Å². The summed E-state index contributed by atoms with van der Waals surface area (Å²) in [6.45, 7) is -0.634. The molecule has 0 atom stereocenters. The lowest BCUT2D eigenvalue weighted by Gasteiger charge is -2.08. The van der Waals surface area contributed by atoms with Crippen molar-refractivity contribution in [1.82, 2.24) is 14.8 Å². The first-order valence-corrected chi connectivity index (χ1v) is 9.75. The lowest BCUT2D eigenvalue weighted by molar-refractivity contribution is -0.147. The van der Waals surface area contributed by atoms with Crippen molar-refractivity contribution in [1.29, 1.82) is 0 Å². The van der Waals surface area contributed by atoms with Gasteiger partial charge in [0, 0.05) is 11.6 Å². The first kappa shape index (κ1) is 22.3. The maximum absolute atomic E-state index is 12.5. The summed E-state index contributed by atoms with van der Waals surface area (Å²) in [5, 5.41) is 8.17. The van der Waals surface area contributed by atoms with Crippen molar-refractivity contribution in [3.8, 4) is 5.75 Å². The minimum absolute atomic E-state index is 0.0180. The van der Waals surface area contributed by atoms with Crippen LogP contribution in [0.1, 0.15) is 16.4 Å². The number of thiazole rings is 1. The summed E-state index contributed by atoms with van der Waals surface area (Å²) < 4.78 is 48.6. The summed E-state index contributed by atoms with van der Waals surface area (Å²) in [6.07, 6.45) is -3.51. The van der Waals surface area contributed by atoms with Crippen LogP contribution < -0.4 is 10.1 Å². The molecule has 0 radical (unpaired) electrons. The van der Waals surface area contributed by atoms with Crippen molar-refractivity contribution in [2.75, 3.05) is 12.4 Å². The second-order valence-electron chi connectivity index (χ2n) is 6.21. The number of para-hydroxylation sites is 2. The molecule has 0 spiro atoms. The number of hydrogen-bond donors (Lipinski definition) is 1. The Labute approximate surface area is 178 Å². The molecule has 0 saturated carbocycles. The molecule has 1 N–H and O–H groups in total. The van der Waals surface area contributed by atoms with E-state index in [1.54, 1.807) is 29.6 Å². The maximum atomic E-state index is 12.5. The van der Waals surface area contributed by atoms with E-state index < -0.39 is 24.4 Å². The summed E-state index contributed by atoms with van der Waals surface area (Å²) in [6, 6.07) is 7.75. The fraction of sp³-hybridized carbons (Fsp3) is 0.263. The largest absolute Gasteiger partial charge is 0.495 e. The van der Waals surface area contributed by atoms with Crippen molar-refractivity contribution in [3.05, 3.63) is 58.3 Å². The van der Waals surface area contributed by atoms with Gasteiger partial charge in [0.15, 0.2) is 5.69 Å². The number of methoxy groups -OCH3 is 1. The summed E-state index contributed by atoms with van der Waals surface area (Å²) >= 11 is 1.22. The van der Waals surface area contributed by atoms with Crippen LogP contribution in [-0.2, 0) is 40.1 Å². The molecule has 31 heavy (non-hydrogen) atoms. The van der Waals surface area contributed by atoms with Crippen LogP contribution in [0.15, 0.2) is 41.9 Å². The molecule has 0 fully saturated rings. The fourth-order valence-electron chi connectivity index (χ4n) is 2.51. The van der Waals surface area contributed by atoms with E-state index in [2.05, 4.69) is 15.4 Å². The molecule has 0 aliphatic heterocycles. The van der Waals surface area contributed by atoms with Crippen molar-refractivity contribution < 1.29 is 32.2 Å². The average molecular weight is 454 g/mol. The van der Waals surface area contributed by atoms with Crippen molar-refractivity contribution in [2.24, 2.45) is 0 Å². The van der Waals surface area contributed by atoms with Crippen molar-refractivity contribution in [3.63, 3.8) is 0 Å². The number of carbonyl (C=O) groups excluding carboxylic acids is 2. The van der Waals surface area contributed by atoms with E-state index in [0.29, 0.717) is 22.1 Å². The number of nitrogens with one attached hydrogen (secondary N) is 1. The standard InChI is InChI=1S/C19H17F3N4O4S/c1-29-14-5-3-2-4-13(14)24-16(27)8-17-23-12(11-31-17)10-30-18(28)9-26-7-6-15(25-26)19(20,21)22/h2-7,11H,8-10H2,1H3,(H,24,27). The molecule has 2 heterocycles. The highest BCUT2D eigenvalue weighted by Crippen LogP contribution is 2.27. The van der Waals surface area contributed by atoms with Gasteiger partial charge in [0.2, 0.25) is 5.91 Å². The number of carbonyl (C=O) groups is 2. The van der Waals surface area contributed by atoms with Crippen LogP contribution in [0.25, 0.3) is 0 Å². The second-order valence-corrected chi connectivity index (χ2v) is 7.16. The number of esters is 1. The minimum Gasteiger partial charge on any atom is -0.495 e. The molecule has 3 aromatic rings. The molecule has 1 aromatic carbocycles. The molecule has 0 saturated heterocycles. The molecule has 1 amide bonds. The minimum atomic E-state index is -4.58. The van der Waals surface area contributed by atoms with Gasteiger partial charge < -0.3 is 14.8 Å². The molecular formula is C19H17F3N4O4S. The van der Waals surface area contributed by atoms with Crippen molar-refractivity contribution >= 4 is 28.9 Å². The van der Waals surface area contributed by atoms with E-state index in [4.69, 9.17) is 9.47 Å². The average Bonchev–Trinajstić information content (AvgIpc) is 3.36. The number of amides is 1. The van der Waals surface area contributed by atoms with E-state index in [9.17, 15) is 22.8 Å². The first-order valence-electron chi connectivity index (χ1n) is 8.87. The number of hydrogen-bond acceptors (Lipinski definition) is 7. The van der Waals surface area contributed by atoms with Crippen LogP contribution in [0.2, 0.25) is 0 Å². The molecule has 164 valence electrons. The van der Waals surface area contributed by atoms with Crippen LogP contribution >= 0.6 is 11.3 Å². The van der Waals surface area contributed by atoms with Gasteiger partial charge in [0.25, 0.3) is 0 Å². The molecule has 3 rings (SSSR count). The van der Waals surface area contributed by atoms with Crippen LogP contribution in [0, 0.1) is 0 Å². The van der Waals surface area contributed by atoms with E-state index >= 15 is 0 Å². The number of rotatable bonds is 8. The highest BCUT2D eigenvalue weighted by atomic mass is 32.1. The first-order chi connectivity index (χ1) is 14.7. The van der Waals surface area contributed by atoms with E-state index in [-0.39, 0.29) is 18.9 Å². The zero-order valence-corrected chi connectivity index (χ0v) is 17.0. The lowest BCUT2D eigenvalue weighted by atomic mass is 10.3. The van der Waals surface area contributed by atoms with Gasteiger partial charge in [-0.25, -0.2) is 4.98 Å². The molecule has 0 aliphatic carbocycles. The number of benzene rings is 1. The predicted molar refractivity (Wildman–Crippen MR) is 104 cm³/mol. The number of alkyl halides is 3. The van der Waals surface area contributed by atoms with Crippen LogP contribution in [0.4, 0.5) is 18.9 Å². The summed E-state index contributed by atoms with van der Waals surface area (Å²) in [7, 11) is 1.50. The molecular weight excluding hydrogens is 437 g/mol. The Morgan fingerprint density at radius 3 is 2.71 bits per heavy atom. The molecule has 12 heteroatoms. The highest BCUT2D eigenvalue weighted by Gasteiger charge is 2.33. The number of anilines is 1. The van der Waals surface area contributed by atoms with Crippen molar-refractivity contribution in [2.45, 2.75) is 25.7 Å². The third-order valence-electron chi connectivity index (χ3n) is 3.90. The Morgan fingerprint density at radius 1 is 1.23 bits per heavy atom. The van der Waals surface area contributed by atoms with Crippen LogP contribution in [-0.4, -0.2) is 33.8 Å². The zero-order valence-electron chi connectivity index (χ0n) is 16.2. The third kappa shape index (κ3) is 6.28. The van der Waals surface area contributed by atoms with Gasteiger partial charge in [-0.3, -0.25) is 14.3 Å².